The average Bonchev–Trinajstić information content (AvgIpc) is 2.65. The van der Waals surface area contributed by atoms with Crippen molar-refractivity contribution in [1.29, 1.82) is 0 Å². The van der Waals surface area contributed by atoms with E-state index in [1.807, 2.05) is 12.1 Å². The summed E-state index contributed by atoms with van der Waals surface area (Å²) < 4.78 is 12.5. The van der Waals surface area contributed by atoms with Crippen molar-refractivity contribution in [2.24, 2.45) is 0 Å². The minimum absolute atomic E-state index is 0.191. The van der Waals surface area contributed by atoms with Gasteiger partial charge in [0.1, 0.15) is 0 Å². The zero-order chi connectivity index (χ0) is 15.7. The normalized spacial score (nSPS) is 22.8. The molecule has 0 amide bonds. The SMILES string of the molecule is C=CCC(B1OC(C)(C)C(C)(C)O1)[C@H](C)c1ccccc1. The molecule has 21 heavy (non-hydrogen) atoms. The van der Waals surface area contributed by atoms with Crippen molar-refractivity contribution in [1.82, 2.24) is 0 Å². The summed E-state index contributed by atoms with van der Waals surface area (Å²) in [7, 11) is -0.191. The molecule has 1 aliphatic heterocycles. The molecule has 1 unspecified atom stereocenters. The lowest BCUT2D eigenvalue weighted by Gasteiger charge is -2.32. The maximum atomic E-state index is 6.25. The van der Waals surface area contributed by atoms with E-state index in [1.54, 1.807) is 0 Å². The van der Waals surface area contributed by atoms with Crippen LogP contribution in [-0.4, -0.2) is 18.3 Å². The monoisotopic (exact) mass is 286 g/mol. The van der Waals surface area contributed by atoms with Gasteiger partial charge in [-0.25, -0.2) is 0 Å². The summed E-state index contributed by atoms with van der Waals surface area (Å²) in [5.41, 5.74) is 0.750. The van der Waals surface area contributed by atoms with Gasteiger partial charge in [0.05, 0.1) is 11.2 Å². The third-order valence-corrected chi connectivity index (χ3v) is 5.03. The molecule has 1 aromatic carbocycles. The van der Waals surface area contributed by atoms with Gasteiger partial charge in [-0.15, -0.1) is 6.58 Å². The van der Waals surface area contributed by atoms with Crippen molar-refractivity contribution in [2.45, 2.75) is 64.0 Å². The number of benzene rings is 1. The van der Waals surface area contributed by atoms with E-state index < -0.39 is 0 Å². The summed E-state index contributed by atoms with van der Waals surface area (Å²) in [4.78, 5) is 0. The van der Waals surface area contributed by atoms with Gasteiger partial charge in [-0.05, 0) is 45.6 Å². The van der Waals surface area contributed by atoms with Gasteiger partial charge < -0.3 is 9.31 Å². The summed E-state index contributed by atoms with van der Waals surface area (Å²) in [6.07, 6.45) is 2.85. The lowest BCUT2D eigenvalue weighted by molar-refractivity contribution is 0.00578. The Morgan fingerprint density at radius 2 is 1.62 bits per heavy atom. The topological polar surface area (TPSA) is 18.5 Å². The minimum Gasteiger partial charge on any atom is -0.403 e. The number of allylic oxidation sites excluding steroid dienone is 1. The molecule has 2 nitrogen and oxygen atoms in total. The van der Waals surface area contributed by atoms with Gasteiger partial charge in [0.25, 0.3) is 0 Å². The molecule has 3 heteroatoms. The molecule has 1 fully saturated rings. The third-order valence-electron chi connectivity index (χ3n) is 5.03. The van der Waals surface area contributed by atoms with Gasteiger partial charge in [-0.3, -0.25) is 0 Å². The zero-order valence-corrected chi connectivity index (χ0v) is 13.9. The second-order valence-electron chi connectivity index (χ2n) is 7.01. The highest BCUT2D eigenvalue weighted by molar-refractivity contribution is 6.47. The quantitative estimate of drug-likeness (QED) is 0.570. The first-order valence-electron chi connectivity index (χ1n) is 7.80. The van der Waals surface area contributed by atoms with Crippen molar-refractivity contribution in [3.8, 4) is 0 Å². The van der Waals surface area contributed by atoms with Gasteiger partial charge in [-0.2, -0.15) is 0 Å². The maximum Gasteiger partial charge on any atom is 0.462 e. The molecular weight excluding hydrogens is 259 g/mol. The first kappa shape index (κ1) is 16.3. The fourth-order valence-corrected chi connectivity index (χ4v) is 2.81. The van der Waals surface area contributed by atoms with E-state index in [9.17, 15) is 0 Å². The van der Waals surface area contributed by atoms with Crippen LogP contribution in [0.2, 0.25) is 5.82 Å². The predicted molar refractivity (Wildman–Crippen MR) is 89.5 cm³/mol. The number of hydrogen-bond donors (Lipinski definition) is 0. The molecule has 2 atom stereocenters. The predicted octanol–water partition coefficient (Wildman–Crippen LogP) is 4.83. The van der Waals surface area contributed by atoms with E-state index in [0.29, 0.717) is 5.92 Å². The number of rotatable bonds is 5. The Morgan fingerprint density at radius 1 is 1.10 bits per heavy atom. The zero-order valence-electron chi connectivity index (χ0n) is 13.9. The van der Waals surface area contributed by atoms with Crippen LogP contribution in [-0.2, 0) is 9.31 Å². The average molecular weight is 286 g/mol. The van der Waals surface area contributed by atoms with Crippen molar-refractivity contribution in [3.05, 3.63) is 48.6 Å². The third kappa shape index (κ3) is 3.24. The summed E-state index contributed by atoms with van der Waals surface area (Å²) in [6.45, 7) is 14.6. The molecule has 0 aliphatic carbocycles. The largest absolute Gasteiger partial charge is 0.462 e. The van der Waals surface area contributed by atoms with Gasteiger partial charge in [0.15, 0.2) is 0 Å². The first-order chi connectivity index (χ1) is 9.78. The van der Waals surface area contributed by atoms with Crippen LogP contribution in [0.4, 0.5) is 0 Å². The van der Waals surface area contributed by atoms with Crippen molar-refractivity contribution in [2.75, 3.05) is 0 Å². The highest BCUT2D eigenvalue weighted by atomic mass is 16.7. The summed E-state index contributed by atoms with van der Waals surface area (Å²) in [5, 5.41) is 0. The highest BCUT2D eigenvalue weighted by Gasteiger charge is 2.54. The van der Waals surface area contributed by atoms with Gasteiger partial charge in [0.2, 0.25) is 0 Å². The molecule has 0 aromatic heterocycles. The second-order valence-corrected chi connectivity index (χ2v) is 7.01. The van der Waals surface area contributed by atoms with Crippen molar-refractivity contribution >= 4 is 7.12 Å². The van der Waals surface area contributed by atoms with Crippen LogP contribution in [0.3, 0.4) is 0 Å². The van der Waals surface area contributed by atoms with Crippen molar-refractivity contribution < 1.29 is 9.31 Å². The van der Waals surface area contributed by atoms with Gasteiger partial charge >= 0.3 is 7.12 Å². The Hall–Kier alpha value is -1.06. The van der Waals surface area contributed by atoms with E-state index >= 15 is 0 Å². The van der Waals surface area contributed by atoms with Crippen LogP contribution in [0, 0.1) is 0 Å². The van der Waals surface area contributed by atoms with Crippen LogP contribution in [0.1, 0.15) is 52.5 Å². The van der Waals surface area contributed by atoms with Crippen LogP contribution in [0.25, 0.3) is 0 Å². The van der Waals surface area contributed by atoms with E-state index in [4.69, 9.17) is 9.31 Å². The highest BCUT2D eigenvalue weighted by Crippen LogP contribution is 2.45. The molecule has 1 saturated heterocycles. The smallest absolute Gasteiger partial charge is 0.403 e. The fourth-order valence-electron chi connectivity index (χ4n) is 2.81. The molecular formula is C18H27BO2. The van der Waals surface area contributed by atoms with Crippen molar-refractivity contribution in [3.63, 3.8) is 0 Å². The Labute approximate surface area is 129 Å². The molecule has 114 valence electrons. The van der Waals surface area contributed by atoms with E-state index in [1.165, 1.54) is 5.56 Å². The molecule has 0 spiro atoms. The fraction of sp³-hybridized carbons (Fsp3) is 0.556. The van der Waals surface area contributed by atoms with Crippen LogP contribution >= 0.6 is 0 Å². The lowest BCUT2D eigenvalue weighted by Crippen LogP contribution is -2.41. The Morgan fingerprint density at radius 3 is 2.10 bits per heavy atom. The van der Waals surface area contributed by atoms with Gasteiger partial charge in [-0.1, -0.05) is 43.3 Å². The minimum atomic E-state index is -0.284. The molecule has 0 N–H and O–H groups in total. The van der Waals surface area contributed by atoms with E-state index in [0.717, 1.165) is 6.42 Å². The molecule has 0 saturated carbocycles. The summed E-state index contributed by atoms with van der Waals surface area (Å²) in [6, 6.07) is 10.6. The molecule has 0 radical (unpaired) electrons. The Kier molecular flexibility index (Phi) is 4.65. The first-order valence-corrected chi connectivity index (χ1v) is 7.80. The maximum absolute atomic E-state index is 6.25. The Bertz CT molecular complexity index is 465. The molecule has 1 aromatic rings. The van der Waals surface area contributed by atoms with Crippen LogP contribution in [0.5, 0.6) is 0 Å². The number of hydrogen-bond acceptors (Lipinski definition) is 2. The summed E-state index contributed by atoms with van der Waals surface area (Å²) in [5.74, 6) is 0.629. The van der Waals surface area contributed by atoms with Gasteiger partial charge in [0, 0.05) is 5.82 Å². The Balaban J connectivity index is 2.23. The molecule has 1 aliphatic rings. The van der Waals surface area contributed by atoms with Crippen LogP contribution in [0.15, 0.2) is 43.0 Å². The van der Waals surface area contributed by atoms with E-state index in [-0.39, 0.29) is 24.1 Å². The second kappa shape index (κ2) is 5.98. The summed E-state index contributed by atoms with van der Waals surface area (Å²) >= 11 is 0. The lowest BCUT2D eigenvalue weighted by atomic mass is 9.62. The molecule has 0 bridgehead atoms. The van der Waals surface area contributed by atoms with Crippen LogP contribution < -0.4 is 0 Å². The standard InChI is InChI=1S/C18H27BO2/c1-7-11-16(14(2)15-12-9-8-10-13-15)19-20-17(3,4)18(5,6)21-19/h7-10,12-14,16H,1,11H2,2-6H3/t14-,16?/m1/s1. The molecule has 1 heterocycles. The van der Waals surface area contributed by atoms with E-state index in [2.05, 4.69) is 65.5 Å². The molecule has 2 rings (SSSR count).